The van der Waals surface area contributed by atoms with Crippen molar-refractivity contribution in [3.05, 3.63) is 36.7 Å². The zero-order valence-corrected chi connectivity index (χ0v) is 29.5. The lowest BCUT2D eigenvalue weighted by Crippen LogP contribution is -2.42. The van der Waals surface area contributed by atoms with Crippen molar-refractivity contribution in [3.8, 4) is 0 Å². The average molecular weight is 751 g/mol. The van der Waals surface area contributed by atoms with E-state index in [1.807, 2.05) is 13.8 Å². The highest BCUT2D eigenvalue weighted by Gasteiger charge is 2.74. The van der Waals surface area contributed by atoms with Crippen molar-refractivity contribution in [2.45, 2.75) is 106 Å². The van der Waals surface area contributed by atoms with Crippen LogP contribution in [0.15, 0.2) is 46.7 Å². The van der Waals surface area contributed by atoms with E-state index in [0.717, 1.165) is 24.8 Å². The molecule has 0 aromatic carbocycles. The fourth-order valence-electron chi connectivity index (χ4n) is 7.21. The zero-order valence-electron chi connectivity index (χ0n) is 27.9. The zero-order chi connectivity index (χ0) is 36.9. The molecule has 4 fully saturated rings. The topological polar surface area (TPSA) is 153 Å². The van der Waals surface area contributed by atoms with Gasteiger partial charge in [0.1, 0.15) is 27.0 Å². The molecule has 0 bridgehead atoms. The van der Waals surface area contributed by atoms with Gasteiger partial charge in [-0.2, -0.15) is 0 Å². The number of aromatic nitrogens is 2. The van der Waals surface area contributed by atoms with Crippen LogP contribution >= 0.6 is 11.9 Å². The third-order valence-corrected chi connectivity index (χ3v) is 11.1. The minimum absolute atomic E-state index is 0.0280. The molecular weight excluding hydrogens is 707 g/mol. The summed E-state index contributed by atoms with van der Waals surface area (Å²) < 4.78 is 92.3. The number of hydrogen-bond acceptors (Lipinski definition) is 7. The molecule has 5 atom stereocenters. The molecular formula is C33H44F6N6O3S2. The quantitative estimate of drug-likeness (QED) is 0.160. The van der Waals surface area contributed by atoms with E-state index in [9.17, 15) is 40.1 Å². The van der Waals surface area contributed by atoms with Crippen LogP contribution in [0.5, 0.6) is 0 Å². The SMILES string of the molecule is CC.NS(=O)c1cc(NC(=O)[C@@H]2CC[C@H]2C2CCC(F)(F)CC2)ccn1.NSc1cc(NC(=O)[C@H]2[C@H](C3CCC(F)(F)CC3)C2(F)F)ccn1. The van der Waals surface area contributed by atoms with Crippen LogP contribution in [0.3, 0.4) is 0 Å². The maximum atomic E-state index is 14.1. The third-order valence-electron chi connectivity index (χ3n) is 10.0. The van der Waals surface area contributed by atoms with Crippen LogP contribution in [0.25, 0.3) is 0 Å². The van der Waals surface area contributed by atoms with Gasteiger partial charge in [0.2, 0.25) is 23.7 Å². The Morgan fingerprint density at radius 1 is 0.800 bits per heavy atom. The van der Waals surface area contributed by atoms with E-state index in [-0.39, 0.29) is 67.2 Å². The molecule has 1 unspecified atom stereocenters. The van der Waals surface area contributed by atoms with Crippen LogP contribution < -0.4 is 20.9 Å². The molecule has 2 aromatic rings. The molecule has 4 aliphatic carbocycles. The van der Waals surface area contributed by atoms with Crippen LogP contribution in [-0.2, 0) is 20.6 Å². The molecule has 0 saturated heterocycles. The highest BCUT2D eigenvalue weighted by molar-refractivity contribution is 7.97. The number of nitrogens with zero attached hydrogens (tertiary/aromatic N) is 2. The standard InChI is InChI=1S/C16H21F2N3O2S.C15H17F4N3OS.C2H6/c17-16(18)6-3-10(4-7-16)12-1-2-13(12)15(22)21-11-5-8-20-14(9-11)24(19)23;16-14(17)4-1-8(2-5-14)11-12(15(11,18)19)13(23)22-9-3-6-21-10(7-9)24-20;1-2/h5,8-10,12-13H,1-4,6-7,19H2,(H,20,21,22);3,6-8,11-12H,1-2,4-5,20H2,(H,21,22,23);1-2H3/t12-,13+,24?;11-,12+;/m00./s1. The number of anilines is 2. The molecule has 0 aliphatic heterocycles. The lowest BCUT2D eigenvalue weighted by atomic mass is 9.62. The molecule has 6 N–H and O–H groups in total. The van der Waals surface area contributed by atoms with Crippen molar-refractivity contribution >= 4 is 46.1 Å². The first-order valence-corrected chi connectivity index (χ1v) is 18.9. The number of carbonyl (C=O) groups excluding carboxylic acids is 2. The molecule has 0 radical (unpaired) electrons. The maximum absolute atomic E-state index is 14.1. The lowest BCUT2D eigenvalue weighted by molar-refractivity contribution is -0.128. The smallest absolute Gasteiger partial charge is 0.264 e. The van der Waals surface area contributed by atoms with E-state index in [4.69, 9.17) is 10.3 Å². The summed E-state index contributed by atoms with van der Waals surface area (Å²) in [4.78, 5) is 32.4. The molecule has 0 spiro atoms. The molecule has 9 nitrogen and oxygen atoms in total. The Morgan fingerprint density at radius 2 is 1.32 bits per heavy atom. The van der Waals surface area contributed by atoms with Gasteiger partial charge >= 0.3 is 0 Å². The number of carbonyl (C=O) groups is 2. The molecule has 278 valence electrons. The van der Waals surface area contributed by atoms with Crippen LogP contribution in [0.4, 0.5) is 37.7 Å². The van der Waals surface area contributed by atoms with Gasteiger partial charge in [-0.15, -0.1) is 0 Å². The van der Waals surface area contributed by atoms with Crippen LogP contribution in [-0.4, -0.2) is 43.8 Å². The average Bonchev–Trinajstić information content (AvgIpc) is 3.64. The van der Waals surface area contributed by atoms with Crippen molar-refractivity contribution in [1.82, 2.24) is 9.97 Å². The van der Waals surface area contributed by atoms with Gasteiger partial charge in [-0.1, -0.05) is 13.8 Å². The van der Waals surface area contributed by atoms with E-state index in [2.05, 4.69) is 20.6 Å². The van der Waals surface area contributed by atoms with Crippen LogP contribution in [0.1, 0.15) is 78.1 Å². The Labute approximate surface area is 294 Å². The minimum Gasteiger partial charge on any atom is -0.326 e. The molecule has 4 aliphatic rings. The fraction of sp³-hybridized carbons (Fsp3) is 0.636. The van der Waals surface area contributed by atoms with Gasteiger partial charge in [-0.3, -0.25) is 14.7 Å². The number of nitrogens with two attached hydrogens (primary N) is 2. The number of pyridine rings is 2. The van der Waals surface area contributed by atoms with Crippen molar-refractivity contribution in [2.24, 2.45) is 45.8 Å². The predicted octanol–water partition coefficient (Wildman–Crippen LogP) is 7.57. The minimum atomic E-state index is -3.14. The summed E-state index contributed by atoms with van der Waals surface area (Å²) >= 11 is 0.875. The number of nitrogens with one attached hydrogen (secondary N) is 2. The summed E-state index contributed by atoms with van der Waals surface area (Å²) in [6.07, 6.45) is 4.68. The van der Waals surface area contributed by atoms with Crippen molar-refractivity contribution in [1.29, 1.82) is 0 Å². The molecule has 2 amide bonds. The maximum Gasteiger partial charge on any atom is 0.264 e. The monoisotopic (exact) mass is 750 g/mol. The van der Waals surface area contributed by atoms with E-state index >= 15 is 0 Å². The Balaban J connectivity index is 0.000000214. The number of amides is 2. The lowest BCUT2D eigenvalue weighted by Gasteiger charge is -2.43. The first kappa shape index (κ1) is 40.0. The summed E-state index contributed by atoms with van der Waals surface area (Å²) in [5.74, 6) is -12.2. The summed E-state index contributed by atoms with van der Waals surface area (Å²) in [5.41, 5.74) is 0.837. The van der Waals surface area contributed by atoms with Gasteiger partial charge in [0.05, 0.1) is 0 Å². The predicted molar refractivity (Wildman–Crippen MR) is 180 cm³/mol. The highest BCUT2D eigenvalue weighted by Crippen LogP contribution is 2.62. The Kier molecular flexibility index (Phi) is 13.4. The van der Waals surface area contributed by atoms with Gasteiger partial charge in [-0.25, -0.2) is 45.7 Å². The number of alkyl halides is 6. The normalized spacial score (nSPS) is 27.2. The summed E-state index contributed by atoms with van der Waals surface area (Å²) in [6, 6.07) is 6.07. The summed E-state index contributed by atoms with van der Waals surface area (Å²) in [5, 5.41) is 16.6. The third kappa shape index (κ3) is 9.97. The Hall–Kier alpha value is -2.76. The van der Waals surface area contributed by atoms with E-state index in [0.29, 0.717) is 29.2 Å². The second-order valence-corrected chi connectivity index (χ2v) is 14.7. The Bertz CT molecular complexity index is 1500. The molecule has 2 aromatic heterocycles. The summed E-state index contributed by atoms with van der Waals surface area (Å²) in [6.45, 7) is 4.00. The van der Waals surface area contributed by atoms with Gasteiger partial charge in [0, 0.05) is 61.3 Å². The number of rotatable bonds is 8. The van der Waals surface area contributed by atoms with Crippen molar-refractivity contribution in [2.75, 3.05) is 10.6 Å². The van der Waals surface area contributed by atoms with Gasteiger partial charge in [0.25, 0.3) is 5.92 Å². The van der Waals surface area contributed by atoms with Crippen molar-refractivity contribution < 1.29 is 40.1 Å². The summed E-state index contributed by atoms with van der Waals surface area (Å²) in [7, 11) is -1.70. The van der Waals surface area contributed by atoms with Gasteiger partial charge < -0.3 is 10.6 Å². The van der Waals surface area contributed by atoms with Crippen LogP contribution in [0.2, 0.25) is 0 Å². The fourth-order valence-corrected chi connectivity index (χ4v) is 7.93. The number of halogens is 6. The molecule has 6 rings (SSSR count). The van der Waals surface area contributed by atoms with E-state index in [1.54, 1.807) is 6.07 Å². The second kappa shape index (κ2) is 16.7. The number of hydrogen-bond donors (Lipinski definition) is 4. The second-order valence-electron chi connectivity index (χ2n) is 13.1. The largest absolute Gasteiger partial charge is 0.326 e. The van der Waals surface area contributed by atoms with Gasteiger partial charge in [0.15, 0.2) is 0 Å². The molecule has 4 saturated carbocycles. The molecule has 17 heteroatoms. The highest BCUT2D eigenvalue weighted by atomic mass is 32.2. The first-order valence-electron chi connectivity index (χ1n) is 16.8. The van der Waals surface area contributed by atoms with Gasteiger partial charge in [-0.05, 0) is 92.5 Å². The molecule has 50 heavy (non-hydrogen) atoms. The molecule has 2 heterocycles. The van der Waals surface area contributed by atoms with E-state index < -0.39 is 52.4 Å². The van der Waals surface area contributed by atoms with Crippen molar-refractivity contribution in [3.63, 3.8) is 0 Å². The first-order chi connectivity index (χ1) is 23.6. The Morgan fingerprint density at radius 3 is 1.84 bits per heavy atom. The van der Waals surface area contributed by atoms with Crippen LogP contribution in [0, 0.1) is 35.5 Å². The van der Waals surface area contributed by atoms with E-state index in [1.165, 1.54) is 30.6 Å².